The molecule has 0 aromatic heterocycles. The number of halogens is 1. The number of β-amino-alcohol motifs (C(OH)–C–C–N with tert-alkyl or cyclic N) is 1. The Balaban J connectivity index is 1.53. The number of hydroxylamine groups is 1. The predicted molar refractivity (Wildman–Crippen MR) is 95.8 cm³/mol. The van der Waals surface area contributed by atoms with Gasteiger partial charge < -0.3 is 15.2 Å². The summed E-state index contributed by atoms with van der Waals surface area (Å²) in [6.07, 6.45) is 0.268. The summed E-state index contributed by atoms with van der Waals surface area (Å²) in [5.41, 5.74) is 3.48. The minimum Gasteiger partial charge on any atom is -0.445 e. The van der Waals surface area contributed by atoms with Crippen molar-refractivity contribution in [1.82, 2.24) is 15.7 Å². The topological polar surface area (TPSA) is 100 Å². The minimum atomic E-state index is -0.768. The molecular formula is C17H20BrN3O5. The molecule has 2 aliphatic heterocycles. The number of likely N-dealkylation sites (tertiary alicyclic amines) is 1. The average molecular weight is 426 g/mol. The van der Waals surface area contributed by atoms with E-state index in [1.807, 2.05) is 30.3 Å². The number of carbonyl (C=O) groups excluding carboxylic acids is 2. The maximum absolute atomic E-state index is 12.4. The number of hydrogen-bond donors (Lipinski definition) is 3. The number of nitrogens with one attached hydrogen (secondary N) is 2. The molecular weight excluding hydrogens is 406 g/mol. The third-order valence-electron chi connectivity index (χ3n) is 4.14. The lowest BCUT2D eigenvalue weighted by Gasteiger charge is -2.23. The zero-order valence-corrected chi connectivity index (χ0v) is 15.5. The van der Waals surface area contributed by atoms with Crippen LogP contribution in [0, 0.1) is 0 Å². The van der Waals surface area contributed by atoms with Crippen LogP contribution in [0.25, 0.3) is 0 Å². The van der Waals surface area contributed by atoms with Crippen molar-refractivity contribution >= 4 is 27.9 Å². The van der Waals surface area contributed by atoms with Crippen molar-refractivity contribution in [1.29, 1.82) is 0 Å². The first-order valence-electron chi connectivity index (χ1n) is 8.25. The molecule has 2 amide bonds. The lowest BCUT2D eigenvalue weighted by molar-refractivity contribution is -0.125. The van der Waals surface area contributed by atoms with Gasteiger partial charge in [-0.05, 0) is 27.6 Å². The highest BCUT2D eigenvalue weighted by atomic mass is 79.9. The lowest BCUT2D eigenvalue weighted by atomic mass is 10.2. The van der Waals surface area contributed by atoms with Crippen LogP contribution in [0.1, 0.15) is 12.0 Å². The van der Waals surface area contributed by atoms with Gasteiger partial charge >= 0.3 is 6.09 Å². The molecule has 0 bridgehead atoms. The number of benzene rings is 1. The molecule has 2 heterocycles. The fourth-order valence-corrected chi connectivity index (χ4v) is 3.24. The largest absolute Gasteiger partial charge is 0.445 e. The number of ether oxygens (including phenoxy) is 1. The van der Waals surface area contributed by atoms with E-state index in [0.29, 0.717) is 4.61 Å². The van der Waals surface area contributed by atoms with Crippen LogP contribution in [0.2, 0.25) is 0 Å². The van der Waals surface area contributed by atoms with E-state index in [0.717, 1.165) is 5.56 Å². The normalized spacial score (nSPS) is 24.8. The summed E-state index contributed by atoms with van der Waals surface area (Å²) in [5.74, 6) is -0.349. The van der Waals surface area contributed by atoms with Crippen molar-refractivity contribution in [3.8, 4) is 0 Å². The molecule has 0 spiro atoms. The fourth-order valence-electron chi connectivity index (χ4n) is 2.85. The van der Waals surface area contributed by atoms with E-state index in [4.69, 9.17) is 9.57 Å². The fraction of sp³-hybridized carbons (Fsp3) is 0.412. The van der Waals surface area contributed by atoms with Gasteiger partial charge in [-0.1, -0.05) is 30.3 Å². The van der Waals surface area contributed by atoms with Crippen molar-refractivity contribution in [2.24, 2.45) is 0 Å². The first-order chi connectivity index (χ1) is 12.5. The van der Waals surface area contributed by atoms with Gasteiger partial charge in [0.25, 0.3) is 0 Å². The van der Waals surface area contributed by atoms with E-state index in [1.54, 1.807) is 6.08 Å². The molecule has 1 unspecified atom stereocenters. The van der Waals surface area contributed by atoms with Gasteiger partial charge in [-0.15, -0.1) is 0 Å². The highest BCUT2D eigenvalue weighted by Crippen LogP contribution is 2.20. The van der Waals surface area contributed by atoms with Gasteiger partial charge in [0, 0.05) is 6.42 Å². The Labute approximate surface area is 159 Å². The Morgan fingerprint density at radius 3 is 2.85 bits per heavy atom. The molecule has 9 heteroatoms. The molecule has 8 nitrogen and oxygen atoms in total. The highest BCUT2D eigenvalue weighted by molar-refractivity contribution is 9.11. The zero-order chi connectivity index (χ0) is 18.5. The first-order valence-corrected chi connectivity index (χ1v) is 9.04. The van der Waals surface area contributed by atoms with Gasteiger partial charge in [0.2, 0.25) is 5.91 Å². The van der Waals surface area contributed by atoms with Gasteiger partial charge in [-0.2, -0.15) is 0 Å². The van der Waals surface area contributed by atoms with Crippen molar-refractivity contribution in [2.45, 2.75) is 31.3 Å². The van der Waals surface area contributed by atoms with Gasteiger partial charge in [0.15, 0.2) is 0 Å². The summed E-state index contributed by atoms with van der Waals surface area (Å²) >= 11 is 3.23. The molecule has 1 fully saturated rings. The van der Waals surface area contributed by atoms with Crippen molar-refractivity contribution < 1.29 is 24.3 Å². The maximum atomic E-state index is 12.4. The van der Waals surface area contributed by atoms with Crippen LogP contribution in [0.15, 0.2) is 41.0 Å². The summed E-state index contributed by atoms with van der Waals surface area (Å²) in [6, 6.07) is 8.50. The molecule has 3 rings (SSSR count). The van der Waals surface area contributed by atoms with E-state index in [1.165, 1.54) is 4.90 Å². The van der Waals surface area contributed by atoms with Crippen LogP contribution in [0.5, 0.6) is 0 Å². The number of carbonyl (C=O) groups is 2. The Morgan fingerprint density at radius 2 is 2.15 bits per heavy atom. The number of rotatable bonds is 5. The van der Waals surface area contributed by atoms with Gasteiger partial charge in [0.1, 0.15) is 23.4 Å². The number of nitrogens with zero attached hydrogens (tertiary/aromatic N) is 1. The van der Waals surface area contributed by atoms with Crippen molar-refractivity contribution in [3.05, 3.63) is 46.6 Å². The standard InChI is InChI=1S/C17H20BrN3O5/c18-15-7-13(26-20-15)8-19-16(23)14-6-12(22)9-21(14)17(24)25-10-11-4-2-1-3-5-11/h1-5,7,12-14,20,22H,6,8-10H2,(H,19,23)/t12-,13?,14+/m1/s1. The minimum absolute atomic E-state index is 0.0681. The molecule has 3 atom stereocenters. The second-order valence-corrected chi connectivity index (χ2v) is 6.97. The van der Waals surface area contributed by atoms with Gasteiger partial charge in [-0.25, -0.2) is 4.79 Å². The molecule has 0 radical (unpaired) electrons. The number of aliphatic hydroxyl groups is 1. The molecule has 3 N–H and O–H groups in total. The van der Waals surface area contributed by atoms with E-state index in [2.05, 4.69) is 26.7 Å². The molecule has 2 aliphatic rings. The molecule has 1 aromatic carbocycles. The third-order valence-corrected chi connectivity index (χ3v) is 4.57. The SMILES string of the molecule is O=C(NCC1C=C(Br)NO1)[C@@H]1C[C@@H](O)CN1C(=O)OCc1ccccc1. The quantitative estimate of drug-likeness (QED) is 0.608. The Bertz CT molecular complexity index is 684. The van der Waals surface area contributed by atoms with E-state index in [9.17, 15) is 14.7 Å². The van der Waals surface area contributed by atoms with Crippen LogP contribution in [-0.2, 0) is 21.0 Å². The number of amides is 2. The second kappa shape index (κ2) is 8.52. The molecule has 0 saturated carbocycles. The summed E-state index contributed by atoms with van der Waals surface area (Å²) in [4.78, 5) is 31.3. The predicted octanol–water partition coefficient (Wildman–Crippen LogP) is 1.01. The van der Waals surface area contributed by atoms with Crippen LogP contribution < -0.4 is 10.8 Å². The molecule has 26 heavy (non-hydrogen) atoms. The van der Waals surface area contributed by atoms with Crippen LogP contribution in [-0.4, -0.2) is 53.3 Å². The van der Waals surface area contributed by atoms with E-state index in [-0.39, 0.29) is 38.1 Å². The third kappa shape index (κ3) is 4.75. The smallest absolute Gasteiger partial charge is 0.410 e. The second-order valence-electron chi connectivity index (χ2n) is 6.12. The summed E-state index contributed by atoms with van der Waals surface area (Å²) in [5, 5.41) is 12.6. The first kappa shape index (κ1) is 18.7. The summed E-state index contributed by atoms with van der Waals surface area (Å²) < 4.78 is 5.97. The molecule has 140 valence electrons. The van der Waals surface area contributed by atoms with Crippen LogP contribution >= 0.6 is 15.9 Å². The highest BCUT2D eigenvalue weighted by Gasteiger charge is 2.40. The van der Waals surface area contributed by atoms with E-state index < -0.39 is 18.2 Å². The van der Waals surface area contributed by atoms with Crippen molar-refractivity contribution in [3.63, 3.8) is 0 Å². The monoisotopic (exact) mass is 425 g/mol. The van der Waals surface area contributed by atoms with Gasteiger partial charge in [0.05, 0.1) is 19.2 Å². The van der Waals surface area contributed by atoms with Crippen molar-refractivity contribution in [2.75, 3.05) is 13.1 Å². The molecule has 0 aliphatic carbocycles. The lowest BCUT2D eigenvalue weighted by Crippen LogP contribution is -2.47. The maximum Gasteiger partial charge on any atom is 0.410 e. The average Bonchev–Trinajstić information content (AvgIpc) is 3.24. The summed E-state index contributed by atoms with van der Waals surface area (Å²) in [7, 11) is 0. The van der Waals surface area contributed by atoms with Crippen LogP contribution in [0.3, 0.4) is 0 Å². The molecule has 1 aromatic rings. The summed E-state index contributed by atoms with van der Waals surface area (Å²) in [6.45, 7) is 0.431. The Hall–Kier alpha value is -2.10. The van der Waals surface area contributed by atoms with Crippen LogP contribution in [0.4, 0.5) is 4.79 Å². The Kier molecular flexibility index (Phi) is 6.12. The number of aliphatic hydroxyl groups excluding tert-OH is 1. The number of hydrogen-bond acceptors (Lipinski definition) is 6. The Morgan fingerprint density at radius 1 is 1.38 bits per heavy atom. The van der Waals surface area contributed by atoms with E-state index >= 15 is 0 Å². The zero-order valence-electron chi connectivity index (χ0n) is 13.9. The van der Waals surface area contributed by atoms with Gasteiger partial charge in [-0.3, -0.25) is 20.0 Å². The molecule has 1 saturated heterocycles.